The molecule has 0 saturated carbocycles. The highest BCUT2D eigenvalue weighted by Gasteiger charge is 2.13. The lowest BCUT2D eigenvalue weighted by molar-refractivity contribution is 0.0996. The van der Waals surface area contributed by atoms with E-state index >= 15 is 0 Å². The van der Waals surface area contributed by atoms with Gasteiger partial charge in [-0.05, 0) is 40.2 Å². The van der Waals surface area contributed by atoms with E-state index in [2.05, 4.69) is 15.9 Å². The summed E-state index contributed by atoms with van der Waals surface area (Å²) < 4.78 is 17.1. The average molecular weight is 366 g/mol. The number of ether oxygens (including phenoxy) is 3. The Hall–Kier alpha value is -2.21. The lowest BCUT2D eigenvalue weighted by atomic mass is 10.2. The predicted octanol–water partition coefficient (Wildman–Crippen LogP) is 3.14. The third kappa shape index (κ3) is 3.51. The molecule has 5 nitrogen and oxygen atoms in total. The Balaban J connectivity index is 2.27. The number of benzene rings is 2. The van der Waals surface area contributed by atoms with Crippen molar-refractivity contribution in [3.05, 3.63) is 52.0 Å². The third-order valence-electron chi connectivity index (χ3n) is 3.09. The second-order valence-electron chi connectivity index (χ2n) is 4.45. The van der Waals surface area contributed by atoms with Crippen molar-refractivity contribution in [3.63, 3.8) is 0 Å². The molecule has 0 bridgehead atoms. The van der Waals surface area contributed by atoms with Crippen LogP contribution in [0.25, 0.3) is 0 Å². The summed E-state index contributed by atoms with van der Waals surface area (Å²) in [6.07, 6.45) is 0. The van der Waals surface area contributed by atoms with Crippen molar-refractivity contribution in [2.24, 2.45) is 5.73 Å². The molecule has 0 aliphatic heterocycles. The largest absolute Gasteiger partial charge is 0.496 e. The highest BCUT2D eigenvalue weighted by molar-refractivity contribution is 9.10. The van der Waals surface area contributed by atoms with Crippen molar-refractivity contribution in [3.8, 4) is 17.2 Å². The molecule has 1 amide bonds. The molecule has 6 heteroatoms. The van der Waals surface area contributed by atoms with Crippen molar-refractivity contribution in [2.75, 3.05) is 14.2 Å². The number of para-hydroxylation sites is 1. The first-order valence-corrected chi connectivity index (χ1v) is 7.28. The van der Waals surface area contributed by atoms with Crippen LogP contribution in [0.1, 0.15) is 15.9 Å². The zero-order chi connectivity index (χ0) is 16.1. The second-order valence-corrected chi connectivity index (χ2v) is 5.30. The first-order chi connectivity index (χ1) is 10.6. The SMILES string of the molecule is COc1cc(COc2ccccc2C(N)=O)c(OC)cc1Br. The maximum atomic E-state index is 11.4. The first kappa shape index (κ1) is 16.2. The summed E-state index contributed by atoms with van der Waals surface area (Å²) in [5.74, 6) is 1.22. The summed E-state index contributed by atoms with van der Waals surface area (Å²) in [7, 11) is 3.16. The molecule has 0 radical (unpaired) electrons. The second kappa shape index (κ2) is 7.17. The third-order valence-corrected chi connectivity index (χ3v) is 3.71. The highest BCUT2D eigenvalue weighted by Crippen LogP contribution is 2.33. The van der Waals surface area contributed by atoms with Crippen LogP contribution in [0.4, 0.5) is 0 Å². The van der Waals surface area contributed by atoms with Crippen LogP contribution in [0.2, 0.25) is 0 Å². The number of hydrogen-bond acceptors (Lipinski definition) is 4. The molecule has 2 N–H and O–H groups in total. The van der Waals surface area contributed by atoms with Crippen LogP contribution in [0.3, 0.4) is 0 Å². The fourth-order valence-corrected chi connectivity index (χ4v) is 2.47. The molecule has 0 spiro atoms. The van der Waals surface area contributed by atoms with Gasteiger partial charge in [-0.3, -0.25) is 4.79 Å². The molecule has 0 aliphatic rings. The van der Waals surface area contributed by atoms with Crippen LogP contribution in [-0.4, -0.2) is 20.1 Å². The van der Waals surface area contributed by atoms with Gasteiger partial charge in [-0.1, -0.05) is 12.1 Å². The van der Waals surface area contributed by atoms with Crippen LogP contribution < -0.4 is 19.9 Å². The molecule has 0 heterocycles. The standard InChI is InChI=1S/C16H16BrNO4/c1-20-14-8-12(17)15(21-2)7-10(14)9-22-13-6-4-3-5-11(13)16(18)19/h3-8H,9H2,1-2H3,(H2,18,19). The number of carbonyl (C=O) groups excluding carboxylic acids is 1. The van der Waals surface area contributed by atoms with E-state index in [4.69, 9.17) is 19.9 Å². The Labute approximate surface area is 137 Å². The van der Waals surface area contributed by atoms with E-state index in [0.717, 1.165) is 10.0 Å². The van der Waals surface area contributed by atoms with Gasteiger partial charge in [0.25, 0.3) is 5.91 Å². The predicted molar refractivity (Wildman–Crippen MR) is 86.5 cm³/mol. The molecule has 0 aliphatic carbocycles. The highest BCUT2D eigenvalue weighted by atomic mass is 79.9. The van der Waals surface area contributed by atoms with Gasteiger partial charge in [0.1, 0.15) is 23.9 Å². The lowest BCUT2D eigenvalue weighted by Gasteiger charge is -2.14. The van der Waals surface area contributed by atoms with Crippen molar-refractivity contribution in [1.82, 2.24) is 0 Å². The molecule has 2 aromatic rings. The number of nitrogens with two attached hydrogens (primary N) is 1. The van der Waals surface area contributed by atoms with Gasteiger partial charge in [-0.15, -0.1) is 0 Å². The van der Waals surface area contributed by atoms with Gasteiger partial charge < -0.3 is 19.9 Å². The molecular formula is C16H16BrNO4. The van der Waals surface area contributed by atoms with Crippen molar-refractivity contribution >= 4 is 21.8 Å². The van der Waals surface area contributed by atoms with E-state index < -0.39 is 5.91 Å². The van der Waals surface area contributed by atoms with Crippen LogP contribution in [0, 0.1) is 0 Å². The van der Waals surface area contributed by atoms with E-state index in [-0.39, 0.29) is 6.61 Å². The topological polar surface area (TPSA) is 70.8 Å². The Morgan fingerprint density at radius 2 is 1.77 bits per heavy atom. The molecule has 0 fully saturated rings. The molecule has 116 valence electrons. The Kier molecular flexibility index (Phi) is 5.27. The average Bonchev–Trinajstić information content (AvgIpc) is 2.53. The summed E-state index contributed by atoms with van der Waals surface area (Å²) in [5.41, 5.74) is 6.47. The quantitative estimate of drug-likeness (QED) is 0.853. The van der Waals surface area contributed by atoms with Crippen molar-refractivity contribution < 1.29 is 19.0 Å². The van der Waals surface area contributed by atoms with E-state index in [0.29, 0.717) is 22.8 Å². The number of primary amides is 1. The van der Waals surface area contributed by atoms with E-state index in [1.54, 1.807) is 44.6 Å². The monoisotopic (exact) mass is 365 g/mol. The zero-order valence-electron chi connectivity index (χ0n) is 12.3. The van der Waals surface area contributed by atoms with Crippen molar-refractivity contribution in [2.45, 2.75) is 6.61 Å². The molecule has 2 aromatic carbocycles. The number of halogens is 1. The van der Waals surface area contributed by atoms with Gasteiger partial charge in [0.2, 0.25) is 0 Å². The van der Waals surface area contributed by atoms with Crippen LogP contribution in [0.15, 0.2) is 40.9 Å². The van der Waals surface area contributed by atoms with E-state index in [1.807, 2.05) is 6.07 Å². The molecule has 2 rings (SSSR count). The fraction of sp³-hybridized carbons (Fsp3) is 0.188. The van der Waals surface area contributed by atoms with Crippen LogP contribution in [0.5, 0.6) is 17.2 Å². The number of carbonyl (C=O) groups is 1. The summed E-state index contributed by atoms with van der Waals surface area (Å²) in [5, 5.41) is 0. The Morgan fingerprint density at radius 1 is 1.09 bits per heavy atom. The van der Waals surface area contributed by atoms with Crippen LogP contribution in [-0.2, 0) is 6.61 Å². The minimum Gasteiger partial charge on any atom is -0.496 e. The lowest BCUT2D eigenvalue weighted by Crippen LogP contribution is -2.13. The van der Waals surface area contributed by atoms with Gasteiger partial charge in [0.15, 0.2) is 0 Å². The maximum Gasteiger partial charge on any atom is 0.252 e. The zero-order valence-corrected chi connectivity index (χ0v) is 13.8. The van der Waals surface area contributed by atoms with E-state index in [1.165, 1.54) is 0 Å². The number of rotatable bonds is 6. The normalized spacial score (nSPS) is 10.1. The molecule has 0 unspecified atom stereocenters. The minimum absolute atomic E-state index is 0.219. The summed E-state index contributed by atoms with van der Waals surface area (Å²) in [6.45, 7) is 0.219. The smallest absolute Gasteiger partial charge is 0.252 e. The molecule has 0 atom stereocenters. The molecular weight excluding hydrogens is 350 g/mol. The summed E-state index contributed by atoms with van der Waals surface area (Å²) >= 11 is 3.40. The van der Waals surface area contributed by atoms with Gasteiger partial charge in [-0.25, -0.2) is 0 Å². The summed E-state index contributed by atoms with van der Waals surface area (Å²) in [4.78, 5) is 11.4. The molecule has 0 saturated heterocycles. The summed E-state index contributed by atoms with van der Waals surface area (Å²) in [6, 6.07) is 10.4. The van der Waals surface area contributed by atoms with Gasteiger partial charge >= 0.3 is 0 Å². The van der Waals surface area contributed by atoms with Gasteiger partial charge in [-0.2, -0.15) is 0 Å². The van der Waals surface area contributed by atoms with Crippen LogP contribution >= 0.6 is 15.9 Å². The minimum atomic E-state index is -0.532. The Morgan fingerprint density at radius 3 is 2.41 bits per heavy atom. The van der Waals surface area contributed by atoms with Gasteiger partial charge in [0.05, 0.1) is 24.3 Å². The maximum absolute atomic E-state index is 11.4. The first-order valence-electron chi connectivity index (χ1n) is 6.48. The Bertz CT molecular complexity index is 688. The molecule has 0 aromatic heterocycles. The van der Waals surface area contributed by atoms with Crippen molar-refractivity contribution in [1.29, 1.82) is 0 Å². The number of hydrogen-bond donors (Lipinski definition) is 1. The number of methoxy groups -OCH3 is 2. The number of amides is 1. The van der Waals surface area contributed by atoms with E-state index in [9.17, 15) is 4.79 Å². The van der Waals surface area contributed by atoms with Gasteiger partial charge in [0, 0.05) is 5.56 Å². The molecule has 22 heavy (non-hydrogen) atoms. The fourth-order valence-electron chi connectivity index (χ4n) is 1.99.